The maximum Gasteiger partial charge on any atom is 0.0485 e. The van der Waals surface area contributed by atoms with Gasteiger partial charge in [-0.25, -0.2) is 0 Å². The van der Waals surface area contributed by atoms with E-state index in [1.54, 1.807) is 0 Å². The number of nitrogens with one attached hydrogen (secondary N) is 1. The first-order chi connectivity index (χ1) is 10.3. The van der Waals surface area contributed by atoms with Gasteiger partial charge in [0, 0.05) is 23.9 Å². The van der Waals surface area contributed by atoms with E-state index in [9.17, 15) is 0 Å². The lowest BCUT2D eigenvalue weighted by atomic mass is 9.87. The third kappa shape index (κ3) is 2.73. The van der Waals surface area contributed by atoms with Crippen LogP contribution >= 0.6 is 0 Å². The van der Waals surface area contributed by atoms with Gasteiger partial charge in [-0.1, -0.05) is 44.2 Å². The highest BCUT2D eigenvalue weighted by Crippen LogP contribution is 2.41. The Morgan fingerprint density at radius 2 is 2.05 bits per heavy atom. The van der Waals surface area contributed by atoms with Gasteiger partial charge in [0.05, 0.1) is 0 Å². The van der Waals surface area contributed by atoms with Gasteiger partial charge in [-0.05, 0) is 48.6 Å². The summed E-state index contributed by atoms with van der Waals surface area (Å²) in [6, 6.07) is 13.5. The molecule has 0 bridgehead atoms. The van der Waals surface area contributed by atoms with E-state index in [-0.39, 0.29) is 0 Å². The molecule has 2 aromatic rings. The molecule has 0 aliphatic heterocycles. The Balaban J connectivity index is 2.00. The molecule has 0 saturated heterocycles. The fourth-order valence-corrected chi connectivity index (χ4v) is 3.62. The van der Waals surface area contributed by atoms with E-state index in [1.165, 1.54) is 28.8 Å². The maximum absolute atomic E-state index is 4.68. The van der Waals surface area contributed by atoms with Gasteiger partial charge < -0.3 is 5.32 Å². The molecule has 0 fully saturated rings. The molecule has 1 aromatic heterocycles. The van der Waals surface area contributed by atoms with Crippen LogP contribution in [0.2, 0.25) is 0 Å². The largest absolute Gasteiger partial charge is 0.310 e. The smallest absolute Gasteiger partial charge is 0.0485 e. The van der Waals surface area contributed by atoms with E-state index in [2.05, 4.69) is 60.5 Å². The molecule has 2 unspecified atom stereocenters. The molecule has 0 spiro atoms. The zero-order chi connectivity index (χ0) is 14.7. The average Bonchev–Trinajstić information content (AvgIpc) is 2.96. The topological polar surface area (TPSA) is 24.9 Å². The average molecular weight is 280 g/mol. The summed E-state index contributed by atoms with van der Waals surface area (Å²) in [5.74, 6) is 0.494. The predicted molar refractivity (Wildman–Crippen MR) is 87.5 cm³/mol. The van der Waals surface area contributed by atoms with Crippen LogP contribution in [0, 0.1) is 0 Å². The van der Waals surface area contributed by atoms with Crippen LogP contribution in [0.4, 0.5) is 0 Å². The third-order valence-electron chi connectivity index (χ3n) is 4.60. The lowest BCUT2D eigenvalue weighted by Gasteiger charge is -2.27. The number of hydrogen-bond acceptors (Lipinski definition) is 2. The minimum atomic E-state index is 0.377. The minimum Gasteiger partial charge on any atom is -0.310 e. The fraction of sp³-hybridized carbons (Fsp3) is 0.421. The normalized spacial score (nSPS) is 18.5. The lowest BCUT2D eigenvalue weighted by Crippen LogP contribution is -2.27. The monoisotopic (exact) mass is 280 g/mol. The Morgan fingerprint density at radius 1 is 1.19 bits per heavy atom. The van der Waals surface area contributed by atoms with Crippen molar-refractivity contribution < 1.29 is 0 Å². The molecule has 0 amide bonds. The molecule has 1 aliphatic carbocycles. The van der Waals surface area contributed by atoms with Crippen molar-refractivity contribution in [3.8, 4) is 0 Å². The third-order valence-corrected chi connectivity index (χ3v) is 4.60. The van der Waals surface area contributed by atoms with Gasteiger partial charge in [-0.3, -0.25) is 4.98 Å². The van der Waals surface area contributed by atoms with Crippen LogP contribution in [0.1, 0.15) is 54.6 Å². The van der Waals surface area contributed by atoms with E-state index >= 15 is 0 Å². The van der Waals surface area contributed by atoms with Crippen LogP contribution in [0.25, 0.3) is 0 Å². The van der Waals surface area contributed by atoms with Crippen LogP contribution in [-0.2, 0) is 12.8 Å². The molecule has 3 rings (SSSR count). The molecule has 1 aromatic carbocycles. The standard InChI is InChI=1S/C19H24N2/c1-3-14-8-5-6-10-16(14)19(20-4-2)17-12-11-15-9-7-13-21-18(15)17/h5-10,13,17,19-20H,3-4,11-12H2,1-2H3. The first-order valence-corrected chi connectivity index (χ1v) is 8.10. The Labute approximate surface area is 127 Å². The summed E-state index contributed by atoms with van der Waals surface area (Å²) in [6.45, 7) is 5.42. The molecule has 0 radical (unpaired) electrons. The van der Waals surface area contributed by atoms with Crippen molar-refractivity contribution in [2.24, 2.45) is 0 Å². The number of likely N-dealkylation sites (N-methyl/N-ethyl adjacent to an activating group) is 1. The highest BCUT2D eigenvalue weighted by molar-refractivity contribution is 5.37. The second-order valence-corrected chi connectivity index (χ2v) is 5.78. The van der Waals surface area contributed by atoms with Crippen molar-refractivity contribution in [3.05, 3.63) is 65.0 Å². The maximum atomic E-state index is 4.68. The molecule has 1 aliphatic rings. The van der Waals surface area contributed by atoms with Crippen molar-refractivity contribution in [1.82, 2.24) is 10.3 Å². The molecule has 2 atom stereocenters. The van der Waals surface area contributed by atoms with Crippen LogP contribution in [-0.4, -0.2) is 11.5 Å². The summed E-state index contributed by atoms with van der Waals surface area (Å²) in [5.41, 5.74) is 5.63. The molecule has 21 heavy (non-hydrogen) atoms. The Hall–Kier alpha value is -1.67. The minimum absolute atomic E-state index is 0.377. The number of benzene rings is 1. The quantitative estimate of drug-likeness (QED) is 0.894. The molecule has 2 nitrogen and oxygen atoms in total. The van der Waals surface area contributed by atoms with E-state index in [1.807, 2.05) is 6.20 Å². The molecule has 110 valence electrons. The van der Waals surface area contributed by atoms with Crippen LogP contribution in [0.3, 0.4) is 0 Å². The zero-order valence-corrected chi connectivity index (χ0v) is 13.0. The summed E-state index contributed by atoms with van der Waals surface area (Å²) >= 11 is 0. The molecule has 0 saturated carbocycles. The summed E-state index contributed by atoms with van der Waals surface area (Å²) in [5, 5.41) is 3.72. The number of fused-ring (bicyclic) bond motifs is 1. The second kappa shape index (κ2) is 6.40. The van der Waals surface area contributed by atoms with Crippen LogP contribution < -0.4 is 5.32 Å². The van der Waals surface area contributed by atoms with Gasteiger partial charge in [-0.15, -0.1) is 0 Å². The predicted octanol–water partition coefficient (Wildman–Crippen LogP) is 4.02. The number of pyridine rings is 1. The molecule has 1 N–H and O–H groups in total. The molecular weight excluding hydrogens is 256 g/mol. The SMILES string of the molecule is CCNC(c1ccccc1CC)C1CCc2cccnc21. The van der Waals surface area contributed by atoms with Gasteiger partial charge >= 0.3 is 0 Å². The molecule has 1 heterocycles. The summed E-state index contributed by atoms with van der Waals surface area (Å²) < 4.78 is 0. The number of rotatable bonds is 5. The Bertz CT molecular complexity index is 606. The Kier molecular flexibility index (Phi) is 4.35. The first kappa shape index (κ1) is 14.3. The van der Waals surface area contributed by atoms with Gasteiger partial charge in [0.15, 0.2) is 0 Å². The number of nitrogens with zero attached hydrogens (tertiary/aromatic N) is 1. The highest BCUT2D eigenvalue weighted by atomic mass is 14.9. The van der Waals surface area contributed by atoms with Gasteiger partial charge in [0.2, 0.25) is 0 Å². The van der Waals surface area contributed by atoms with Gasteiger partial charge in [0.25, 0.3) is 0 Å². The van der Waals surface area contributed by atoms with E-state index in [0.717, 1.165) is 19.4 Å². The zero-order valence-electron chi connectivity index (χ0n) is 13.0. The highest BCUT2D eigenvalue weighted by Gasteiger charge is 2.32. The van der Waals surface area contributed by atoms with Crippen molar-refractivity contribution in [3.63, 3.8) is 0 Å². The number of aromatic nitrogens is 1. The number of aryl methyl sites for hydroxylation is 2. The van der Waals surface area contributed by atoms with E-state index in [0.29, 0.717) is 12.0 Å². The van der Waals surface area contributed by atoms with Crippen molar-refractivity contribution in [1.29, 1.82) is 0 Å². The Morgan fingerprint density at radius 3 is 2.86 bits per heavy atom. The number of hydrogen-bond donors (Lipinski definition) is 1. The van der Waals surface area contributed by atoms with E-state index < -0.39 is 0 Å². The van der Waals surface area contributed by atoms with Crippen molar-refractivity contribution in [2.45, 2.75) is 45.1 Å². The van der Waals surface area contributed by atoms with Crippen molar-refractivity contribution >= 4 is 0 Å². The summed E-state index contributed by atoms with van der Waals surface area (Å²) in [4.78, 5) is 4.68. The van der Waals surface area contributed by atoms with E-state index in [4.69, 9.17) is 0 Å². The van der Waals surface area contributed by atoms with Gasteiger partial charge in [-0.2, -0.15) is 0 Å². The second-order valence-electron chi connectivity index (χ2n) is 5.78. The van der Waals surface area contributed by atoms with Crippen LogP contribution in [0.15, 0.2) is 42.6 Å². The van der Waals surface area contributed by atoms with Crippen molar-refractivity contribution in [2.75, 3.05) is 6.54 Å². The fourth-order valence-electron chi connectivity index (χ4n) is 3.62. The summed E-state index contributed by atoms with van der Waals surface area (Å²) in [7, 11) is 0. The summed E-state index contributed by atoms with van der Waals surface area (Å²) in [6.07, 6.45) is 5.37. The van der Waals surface area contributed by atoms with Gasteiger partial charge in [0.1, 0.15) is 0 Å². The lowest BCUT2D eigenvalue weighted by molar-refractivity contribution is 0.445. The van der Waals surface area contributed by atoms with Crippen LogP contribution in [0.5, 0.6) is 0 Å². The molecular formula is C19H24N2. The molecule has 2 heteroatoms. The first-order valence-electron chi connectivity index (χ1n) is 8.10.